The smallest absolute Gasteiger partial charge is 0.273 e. The minimum Gasteiger partial charge on any atom is -0.598 e. The molecule has 1 aromatic heterocycles. The molecule has 3 unspecified atom stereocenters. The summed E-state index contributed by atoms with van der Waals surface area (Å²) in [7, 11) is -3.28. The number of para-hydroxylation sites is 1. The van der Waals surface area contributed by atoms with Crippen LogP contribution in [0.2, 0.25) is 0 Å². The molecule has 0 saturated carbocycles. The lowest BCUT2D eigenvalue weighted by Crippen LogP contribution is -2.52. The zero-order valence-corrected chi connectivity index (χ0v) is 18.2. The maximum atomic E-state index is 13.7. The van der Waals surface area contributed by atoms with Crippen molar-refractivity contribution in [3.05, 3.63) is 47.3 Å². The van der Waals surface area contributed by atoms with Gasteiger partial charge in [-0.3, -0.25) is 4.79 Å². The van der Waals surface area contributed by atoms with Crippen LogP contribution in [0.3, 0.4) is 0 Å². The number of aryl methyl sites for hydroxylation is 1. The van der Waals surface area contributed by atoms with Crippen LogP contribution in [0.25, 0.3) is 5.69 Å². The van der Waals surface area contributed by atoms with Crippen molar-refractivity contribution < 1.29 is 13.6 Å². The Morgan fingerprint density at radius 3 is 2.55 bits per heavy atom. The van der Waals surface area contributed by atoms with Crippen LogP contribution in [0.4, 0.5) is 0 Å². The number of amides is 1. The third-order valence-corrected chi connectivity index (χ3v) is 7.26. The Bertz CT molecular complexity index is 966. The van der Waals surface area contributed by atoms with Gasteiger partial charge in [0.25, 0.3) is 5.91 Å². The van der Waals surface area contributed by atoms with Crippen LogP contribution >= 0.6 is 0 Å². The van der Waals surface area contributed by atoms with Gasteiger partial charge in [0.05, 0.1) is 24.0 Å². The fourth-order valence-electron chi connectivity index (χ4n) is 4.74. The largest absolute Gasteiger partial charge is 0.598 e. The number of carbonyl (C=O) groups excluding carboxylic acids is 1. The van der Waals surface area contributed by atoms with Gasteiger partial charge in [-0.15, -0.1) is 4.31 Å². The third-order valence-electron chi connectivity index (χ3n) is 5.99. The van der Waals surface area contributed by atoms with Crippen LogP contribution in [-0.4, -0.2) is 54.8 Å². The highest BCUT2D eigenvalue weighted by Crippen LogP contribution is 2.43. The molecule has 156 valence electrons. The van der Waals surface area contributed by atoms with Crippen LogP contribution < -0.4 is 0 Å². The number of nitrogens with zero attached hydrogens (tertiary/aromatic N) is 4. The molecule has 3 atom stereocenters. The number of hydrogen-bond donors (Lipinski definition) is 0. The monoisotopic (exact) mass is 416 g/mol. The Labute approximate surface area is 173 Å². The van der Waals surface area contributed by atoms with Crippen LogP contribution in [0.1, 0.15) is 54.5 Å². The summed E-state index contributed by atoms with van der Waals surface area (Å²) in [5.74, 6) is 0.143. The van der Waals surface area contributed by atoms with E-state index in [4.69, 9.17) is 0 Å². The molecule has 0 spiro atoms. The molecule has 7 nitrogen and oxygen atoms in total. The second-order valence-corrected chi connectivity index (χ2v) is 10.4. The molecule has 0 aliphatic carbocycles. The molecule has 29 heavy (non-hydrogen) atoms. The summed E-state index contributed by atoms with van der Waals surface area (Å²) in [5.41, 5.74) is 3.30. The summed E-state index contributed by atoms with van der Waals surface area (Å²) in [6.45, 7) is 7.05. The first kappa shape index (κ1) is 20.3. The minimum atomic E-state index is -3.28. The number of benzene rings is 1. The van der Waals surface area contributed by atoms with E-state index >= 15 is 0 Å². The van der Waals surface area contributed by atoms with E-state index in [9.17, 15) is 13.6 Å². The molecule has 1 fully saturated rings. The number of sulfonamides is 1. The van der Waals surface area contributed by atoms with E-state index in [0.29, 0.717) is 18.8 Å². The molecule has 1 aromatic carbocycles. The summed E-state index contributed by atoms with van der Waals surface area (Å²) in [6, 6.07) is 9.46. The maximum absolute atomic E-state index is 13.7. The van der Waals surface area contributed by atoms with Gasteiger partial charge in [0.2, 0.25) is 0 Å². The molecule has 0 bridgehead atoms. The predicted octanol–water partition coefficient (Wildman–Crippen LogP) is 2.97. The first-order chi connectivity index (χ1) is 13.7. The molecule has 0 N–H and O–H groups in total. The number of fused-ring (bicyclic) bond motifs is 1. The van der Waals surface area contributed by atoms with Crippen molar-refractivity contribution in [1.82, 2.24) is 19.0 Å². The first-order valence-corrected chi connectivity index (χ1v) is 12.0. The van der Waals surface area contributed by atoms with Crippen LogP contribution in [0.5, 0.6) is 0 Å². The zero-order valence-electron chi connectivity index (χ0n) is 17.4. The van der Waals surface area contributed by atoms with Gasteiger partial charge in [0, 0.05) is 18.2 Å². The molecule has 3 heterocycles. The predicted molar refractivity (Wildman–Crippen MR) is 111 cm³/mol. The number of piperidine rings is 1. The van der Waals surface area contributed by atoms with Gasteiger partial charge in [-0.2, -0.15) is 5.10 Å². The van der Waals surface area contributed by atoms with Crippen molar-refractivity contribution in [2.24, 2.45) is 5.92 Å². The van der Waals surface area contributed by atoms with E-state index in [1.807, 2.05) is 42.2 Å². The molecule has 1 saturated heterocycles. The lowest BCUT2D eigenvalue weighted by Gasteiger charge is -2.41. The Balaban J connectivity index is 1.77. The molecule has 0 radical (unpaired) electrons. The summed E-state index contributed by atoms with van der Waals surface area (Å²) in [6.07, 6.45) is 2.81. The number of aromatic nitrogens is 2. The summed E-state index contributed by atoms with van der Waals surface area (Å²) in [5, 5.41) is 4.68. The van der Waals surface area contributed by atoms with E-state index in [1.54, 1.807) is 4.68 Å². The van der Waals surface area contributed by atoms with Crippen LogP contribution in [0, 0.1) is 12.8 Å². The van der Waals surface area contributed by atoms with Crippen molar-refractivity contribution in [3.8, 4) is 5.69 Å². The molecule has 8 heteroatoms. The van der Waals surface area contributed by atoms with Crippen molar-refractivity contribution in [1.29, 1.82) is 0 Å². The second-order valence-electron chi connectivity index (χ2n) is 8.41. The Kier molecular flexibility index (Phi) is 5.13. The SMILES string of the molecule is Cc1nn(-c2ccccc2)c2c1C(C(C)C)N(C1CCCN([S+](C)(=O)[O-])C1)C2=O. The number of hydrogen-bond acceptors (Lipinski definition) is 4. The van der Waals surface area contributed by atoms with Gasteiger partial charge in [0.15, 0.2) is 0 Å². The highest BCUT2D eigenvalue weighted by molar-refractivity contribution is 7.94. The van der Waals surface area contributed by atoms with Gasteiger partial charge in [0.1, 0.15) is 22.3 Å². The van der Waals surface area contributed by atoms with Gasteiger partial charge >= 0.3 is 0 Å². The molecule has 4 rings (SSSR count). The van der Waals surface area contributed by atoms with Crippen molar-refractivity contribution in [3.63, 3.8) is 0 Å². The molecule has 2 aliphatic rings. The van der Waals surface area contributed by atoms with E-state index in [0.717, 1.165) is 29.8 Å². The topological polar surface area (TPSA) is 81.5 Å². The molecule has 2 aliphatic heterocycles. The van der Waals surface area contributed by atoms with E-state index in [-0.39, 0.29) is 23.9 Å². The fraction of sp³-hybridized carbons (Fsp3) is 0.524. The average molecular weight is 417 g/mol. The number of carbonyl (C=O) groups is 1. The molecule has 2 aromatic rings. The normalized spacial score (nSPS) is 24.8. The van der Waals surface area contributed by atoms with Crippen LogP contribution in [0.15, 0.2) is 30.3 Å². The highest BCUT2D eigenvalue weighted by Gasteiger charge is 2.48. The summed E-state index contributed by atoms with van der Waals surface area (Å²) < 4.78 is 27.5. The molecule has 1 amide bonds. The van der Waals surface area contributed by atoms with Gasteiger partial charge in [-0.25, -0.2) is 4.68 Å². The van der Waals surface area contributed by atoms with Crippen molar-refractivity contribution in [2.45, 2.75) is 45.7 Å². The molecular formula is C21H28N4O3S. The van der Waals surface area contributed by atoms with Gasteiger partial charge in [-0.05, 0) is 37.8 Å². The zero-order chi connectivity index (χ0) is 20.9. The fourth-order valence-corrected chi connectivity index (χ4v) is 5.64. The van der Waals surface area contributed by atoms with Crippen molar-refractivity contribution in [2.75, 3.05) is 19.3 Å². The van der Waals surface area contributed by atoms with Gasteiger partial charge < -0.3 is 9.45 Å². The number of rotatable bonds is 4. The minimum absolute atomic E-state index is 0.0523. The quantitative estimate of drug-likeness (QED) is 0.718. The Hall–Kier alpha value is -2.03. The third kappa shape index (κ3) is 3.43. The highest BCUT2D eigenvalue weighted by atomic mass is 32.3. The summed E-state index contributed by atoms with van der Waals surface area (Å²) in [4.78, 5) is 15.6. The second kappa shape index (κ2) is 7.34. The Morgan fingerprint density at radius 2 is 1.93 bits per heavy atom. The lowest BCUT2D eigenvalue weighted by atomic mass is 9.94. The van der Waals surface area contributed by atoms with Crippen LogP contribution in [-0.2, 0) is 14.6 Å². The lowest BCUT2D eigenvalue weighted by molar-refractivity contribution is 0.0458. The summed E-state index contributed by atoms with van der Waals surface area (Å²) >= 11 is 0. The first-order valence-electron chi connectivity index (χ1n) is 10.1. The van der Waals surface area contributed by atoms with Gasteiger partial charge in [-0.1, -0.05) is 36.3 Å². The standard InChI is InChI=1S/C21H28N4O3S/c1-14(2)19-18-15(3)22-25(16-9-6-5-7-10-16)20(18)21(26)24(19)17-11-8-12-23(13-17)29(4,27)28/h5-7,9-10,14,17,19H,8,11-13H2,1-4H3. The van der Waals surface area contributed by atoms with E-state index in [2.05, 4.69) is 18.9 Å². The van der Waals surface area contributed by atoms with Crippen molar-refractivity contribution >= 4 is 16.3 Å². The van der Waals surface area contributed by atoms with E-state index < -0.39 is 10.4 Å². The Morgan fingerprint density at radius 1 is 1.24 bits per heavy atom. The van der Waals surface area contributed by atoms with E-state index in [1.165, 1.54) is 10.6 Å². The molecular weight excluding hydrogens is 388 g/mol. The maximum Gasteiger partial charge on any atom is 0.273 e. The average Bonchev–Trinajstić information content (AvgIpc) is 3.18.